The predicted molar refractivity (Wildman–Crippen MR) is 81.0 cm³/mol. The molecule has 1 aliphatic rings. The molecule has 0 bridgehead atoms. The third-order valence-corrected chi connectivity index (χ3v) is 4.35. The van der Waals surface area contributed by atoms with Crippen LogP contribution < -0.4 is 0 Å². The molecule has 1 heterocycles. The van der Waals surface area contributed by atoms with Gasteiger partial charge in [-0.05, 0) is 43.4 Å². The molecule has 0 saturated carbocycles. The van der Waals surface area contributed by atoms with E-state index in [2.05, 4.69) is 16.3 Å². The van der Waals surface area contributed by atoms with Gasteiger partial charge in [0.1, 0.15) is 0 Å². The van der Waals surface area contributed by atoms with Crippen molar-refractivity contribution in [3.05, 3.63) is 51.8 Å². The maximum atomic E-state index is 11.3. The zero-order valence-corrected chi connectivity index (χ0v) is 12.4. The van der Waals surface area contributed by atoms with Gasteiger partial charge in [-0.25, -0.2) is 4.79 Å². The van der Waals surface area contributed by atoms with Gasteiger partial charge in [0.15, 0.2) is 5.69 Å². The number of fused-ring (bicyclic) bond motifs is 1. The lowest BCUT2D eigenvalue weighted by molar-refractivity contribution is 0.0689. The average molecular weight is 305 g/mol. The molecule has 1 unspecified atom stereocenters. The van der Waals surface area contributed by atoms with Crippen molar-refractivity contribution in [3.63, 3.8) is 0 Å². The number of hydrogen-bond acceptors (Lipinski definition) is 2. The van der Waals surface area contributed by atoms with E-state index in [4.69, 9.17) is 11.6 Å². The molecule has 1 aliphatic carbocycles. The van der Waals surface area contributed by atoms with Crippen molar-refractivity contribution in [1.82, 2.24) is 10.2 Å². The second-order valence-corrected chi connectivity index (χ2v) is 5.98. The van der Waals surface area contributed by atoms with Gasteiger partial charge >= 0.3 is 5.97 Å². The molecule has 0 fully saturated rings. The van der Waals surface area contributed by atoms with Gasteiger partial charge in [-0.2, -0.15) is 5.10 Å². The van der Waals surface area contributed by atoms with Crippen LogP contribution in [0.3, 0.4) is 0 Å². The fourth-order valence-electron chi connectivity index (χ4n) is 3.14. The van der Waals surface area contributed by atoms with Crippen LogP contribution in [0.1, 0.15) is 52.5 Å². The highest BCUT2D eigenvalue weighted by Crippen LogP contribution is 2.33. The van der Waals surface area contributed by atoms with Crippen LogP contribution in [0.15, 0.2) is 24.3 Å². The summed E-state index contributed by atoms with van der Waals surface area (Å²) in [4.78, 5) is 11.3. The first-order valence-electron chi connectivity index (χ1n) is 7.20. The molecular weight excluding hydrogens is 288 g/mol. The summed E-state index contributed by atoms with van der Waals surface area (Å²) >= 11 is 6.04. The number of hydrogen-bond donors (Lipinski definition) is 2. The number of aromatic amines is 1. The Bertz CT molecular complexity index is 666. The number of carboxylic acids is 1. The van der Waals surface area contributed by atoms with E-state index >= 15 is 0 Å². The minimum atomic E-state index is -0.948. The molecule has 21 heavy (non-hydrogen) atoms. The monoisotopic (exact) mass is 304 g/mol. The largest absolute Gasteiger partial charge is 0.476 e. The Morgan fingerprint density at radius 1 is 1.43 bits per heavy atom. The van der Waals surface area contributed by atoms with Crippen LogP contribution >= 0.6 is 11.6 Å². The van der Waals surface area contributed by atoms with Gasteiger partial charge in [-0.1, -0.05) is 30.2 Å². The zero-order valence-electron chi connectivity index (χ0n) is 11.6. The number of halogens is 1. The van der Waals surface area contributed by atoms with E-state index in [1.165, 1.54) is 5.56 Å². The quantitative estimate of drug-likeness (QED) is 0.847. The minimum Gasteiger partial charge on any atom is -0.476 e. The van der Waals surface area contributed by atoms with Gasteiger partial charge in [0.05, 0.1) is 0 Å². The van der Waals surface area contributed by atoms with Crippen LogP contribution in [-0.4, -0.2) is 21.3 Å². The summed E-state index contributed by atoms with van der Waals surface area (Å²) in [6.07, 6.45) is 4.81. The van der Waals surface area contributed by atoms with Crippen LogP contribution in [-0.2, 0) is 12.8 Å². The van der Waals surface area contributed by atoms with Crippen molar-refractivity contribution >= 4 is 17.6 Å². The van der Waals surface area contributed by atoms with E-state index in [-0.39, 0.29) is 11.6 Å². The van der Waals surface area contributed by atoms with E-state index in [1.54, 1.807) is 0 Å². The highest BCUT2D eigenvalue weighted by atomic mass is 35.5. The molecule has 110 valence electrons. The van der Waals surface area contributed by atoms with Crippen molar-refractivity contribution in [1.29, 1.82) is 0 Å². The number of carboxylic acid groups (broad SMARTS) is 1. The predicted octanol–water partition coefficient (Wildman–Crippen LogP) is 3.81. The second kappa shape index (κ2) is 5.90. The first-order valence-corrected chi connectivity index (χ1v) is 7.58. The first-order chi connectivity index (χ1) is 10.1. The fourth-order valence-corrected chi connectivity index (χ4v) is 3.35. The molecule has 0 saturated heterocycles. The number of aromatic nitrogens is 2. The van der Waals surface area contributed by atoms with Gasteiger partial charge in [0.2, 0.25) is 0 Å². The van der Waals surface area contributed by atoms with Crippen molar-refractivity contribution in [2.45, 2.75) is 38.0 Å². The summed E-state index contributed by atoms with van der Waals surface area (Å²) in [7, 11) is 0. The molecule has 5 heteroatoms. The normalized spacial score (nSPS) is 18.0. The summed E-state index contributed by atoms with van der Waals surface area (Å²) in [5.41, 5.74) is 3.23. The average Bonchev–Trinajstić information content (AvgIpc) is 2.77. The molecule has 1 aromatic heterocycles. The third-order valence-electron chi connectivity index (χ3n) is 4.11. The topological polar surface area (TPSA) is 66.0 Å². The standard InChI is InChI=1S/C16H17ClN2O2/c17-12-6-3-4-10(9-12)8-11-5-1-2-7-13-14(11)18-19-15(13)16(20)21/h3-4,6,9,11H,1-2,5,7-8H2,(H,18,19)(H,20,21). The number of aromatic carboxylic acids is 1. The van der Waals surface area contributed by atoms with Crippen LogP contribution in [0.25, 0.3) is 0 Å². The fraction of sp³-hybridized carbons (Fsp3) is 0.375. The van der Waals surface area contributed by atoms with Crippen molar-refractivity contribution in [3.8, 4) is 0 Å². The van der Waals surface area contributed by atoms with Crippen LogP contribution in [0.4, 0.5) is 0 Å². The number of carbonyl (C=O) groups is 1. The smallest absolute Gasteiger partial charge is 0.356 e. The molecule has 3 rings (SSSR count). The molecule has 2 aromatic rings. The molecule has 2 N–H and O–H groups in total. The molecule has 1 aromatic carbocycles. The van der Waals surface area contributed by atoms with Gasteiger partial charge in [-0.15, -0.1) is 0 Å². The van der Waals surface area contributed by atoms with Gasteiger partial charge in [0.25, 0.3) is 0 Å². The molecule has 4 nitrogen and oxygen atoms in total. The molecule has 1 atom stereocenters. The molecular formula is C16H17ClN2O2. The summed E-state index contributed by atoms with van der Waals surface area (Å²) in [5.74, 6) is -0.669. The maximum Gasteiger partial charge on any atom is 0.356 e. The van der Waals surface area contributed by atoms with Crippen molar-refractivity contribution in [2.24, 2.45) is 0 Å². The van der Waals surface area contributed by atoms with Gasteiger partial charge in [0, 0.05) is 22.2 Å². The Labute approximate surface area is 128 Å². The first kappa shape index (κ1) is 14.1. The van der Waals surface area contributed by atoms with E-state index in [0.717, 1.165) is 48.4 Å². The highest BCUT2D eigenvalue weighted by Gasteiger charge is 2.26. The number of H-pyrrole nitrogens is 1. The van der Waals surface area contributed by atoms with Gasteiger partial charge < -0.3 is 5.11 Å². The van der Waals surface area contributed by atoms with Crippen LogP contribution in [0.5, 0.6) is 0 Å². The Kier molecular flexibility index (Phi) is 3.97. The van der Waals surface area contributed by atoms with E-state index in [0.29, 0.717) is 0 Å². The lowest BCUT2D eigenvalue weighted by atomic mass is 9.91. The lowest BCUT2D eigenvalue weighted by Gasteiger charge is -2.14. The minimum absolute atomic E-state index is 0.183. The Morgan fingerprint density at radius 3 is 3.05 bits per heavy atom. The van der Waals surface area contributed by atoms with E-state index < -0.39 is 5.97 Å². The lowest BCUT2D eigenvalue weighted by Crippen LogP contribution is -2.05. The van der Waals surface area contributed by atoms with Crippen molar-refractivity contribution < 1.29 is 9.90 Å². The summed E-state index contributed by atoms with van der Waals surface area (Å²) in [5, 5.41) is 16.9. The third kappa shape index (κ3) is 2.95. The molecule has 0 radical (unpaired) electrons. The number of benzene rings is 1. The number of nitrogens with one attached hydrogen (secondary N) is 1. The molecule has 0 amide bonds. The summed E-state index contributed by atoms with van der Waals surface area (Å²) < 4.78 is 0. The Balaban J connectivity index is 1.92. The van der Waals surface area contributed by atoms with Crippen molar-refractivity contribution in [2.75, 3.05) is 0 Å². The summed E-state index contributed by atoms with van der Waals surface area (Å²) in [6.45, 7) is 0. The van der Waals surface area contributed by atoms with E-state index in [1.807, 2.05) is 18.2 Å². The van der Waals surface area contributed by atoms with E-state index in [9.17, 15) is 9.90 Å². The number of nitrogens with zero attached hydrogens (tertiary/aromatic N) is 1. The summed E-state index contributed by atoms with van der Waals surface area (Å²) in [6, 6.07) is 7.85. The zero-order chi connectivity index (χ0) is 14.8. The van der Waals surface area contributed by atoms with Crippen LogP contribution in [0.2, 0.25) is 5.02 Å². The molecule has 0 aliphatic heterocycles. The van der Waals surface area contributed by atoms with Crippen LogP contribution in [0, 0.1) is 0 Å². The SMILES string of the molecule is O=C(O)c1n[nH]c2c1CCCCC2Cc1cccc(Cl)c1. The Hall–Kier alpha value is -1.81. The molecule has 0 spiro atoms. The second-order valence-electron chi connectivity index (χ2n) is 5.55. The highest BCUT2D eigenvalue weighted by molar-refractivity contribution is 6.30. The van der Waals surface area contributed by atoms with Gasteiger partial charge in [-0.3, -0.25) is 5.10 Å². The Morgan fingerprint density at radius 2 is 2.29 bits per heavy atom. The number of rotatable bonds is 3. The maximum absolute atomic E-state index is 11.3.